The van der Waals surface area contributed by atoms with E-state index in [-0.39, 0.29) is 11.1 Å². The van der Waals surface area contributed by atoms with Crippen molar-refractivity contribution in [2.75, 3.05) is 11.5 Å². The van der Waals surface area contributed by atoms with Gasteiger partial charge < -0.3 is 0 Å². The number of nitriles is 4. The number of benzene rings is 1. The van der Waals surface area contributed by atoms with E-state index >= 15 is 0 Å². The second kappa shape index (κ2) is 8.97. The Morgan fingerprint density at radius 2 is 1.07 bits per heavy atom. The lowest BCUT2D eigenvalue weighted by Gasteiger charge is -2.08. The molecule has 0 atom stereocenters. The number of hydrogen-bond acceptors (Lipinski definition) is 8. The molecule has 142 valence electrons. The zero-order valence-corrected chi connectivity index (χ0v) is 18.6. The highest BCUT2D eigenvalue weighted by molar-refractivity contribution is 8.46. The van der Waals surface area contributed by atoms with Crippen LogP contribution in [0.4, 0.5) is 0 Å². The van der Waals surface area contributed by atoms with E-state index in [4.69, 9.17) is 0 Å². The lowest BCUT2D eigenvalue weighted by molar-refractivity contribution is 1.42. The molecule has 0 fully saturated rings. The highest BCUT2D eigenvalue weighted by Crippen LogP contribution is 2.59. The molecule has 0 bridgehead atoms. The molecular weight excluding hydrogens is 449 g/mol. The summed E-state index contributed by atoms with van der Waals surface area (Å²) in [5.74, 6) is 2.28. The topological polar surface area (TPSA) is 95.2 Å². The van der Waals surface area contributed by atoms with Gasteiger partial charge in [0.2, 0.25) is 0 Å². The van der Waals surface area contributed by atoms with Crippen LogP contribution in [-0.2, 0) is 0 Å². The molecule has 1 aliphatic carbocycles. The average molecular weight is 459 g/mol. The minimum atomic E-state index is -0.0437. The van der Waals surface area contributed by atoms with Gasteiger partial charge in [-0.3, -0.25) is 0 Å². The van der Waals surface area contributed by atoms with Gasteiger partial charge in [0.25, 0.3) is 0 Å². The maximum atomic E-state index is 9.34. The Kier molecular flexibility index (Phi) is 6.14. The first kappa shape index (κ1) is 20.5. The van der Waals surface area contributed by atoms with Crippen molar-refractivity contribution in [1.29, 1.82) is 21.0 Å². The molecule has 2 heterocycles. The second-order valence-corrected chi connectivity index (χ2v) is 11.1. The molecule has 2 aliphatic heterocycles. The third-order valence-corrected chi connectivity index (χ3v) is 10.3. The minimum absolute atomic E-state index is 0.0437. The molecule has 0 amide bonds. The monoisotopic (exact) mass is 458 g/mol. The van der Waals surface area contributed by atoms with Gasteiger partial charge in [-0.2, -0.15) is 21.0 Å². The van der Waals surface area contributed by atoms with Gasteiger partial charge in [0, 0.05) is 28.2 Å². The number of hydrogen-bond donors (Lipinski definition) is 0. The normalized spacial score (nSPS) is 17.2. The molecule has 3 aliphatic rings. The second-order valence-electron chi connectivity index (χ2n) is 6.07. The number of thioether (sulfide) groups is 4. The van der Waals surface area contributed by atoms with Crippen LogP contribution in [-0.4, -0.2) is 11.5 Å². The van der Waals surface area contributed by atoms with Crippen LogP contribution in [0.15, 0.2) is 67.2 Å². The van der Waals surface area contributed by atoms with Crippen molar-refractivity contribution >= 4 is 56.9 Å². The fraction of sp³-hybridized carbons (Fsp3) is 0.0909. The van der Waals surface area contributed by atoms with Gasteiger partial charge in [0.1, 0.15) is 35.4 Å². The standard InChI is InChI=1S/C22H10N4S4/c23-9-15(10-24)17-5-6-18(16(11-25)12-26)19(17)13-1-3-14(4-2-13)20-29-21-22(30-20)28-8-7-27-21/h1-6H,7-8H2. The molecular formula is C22H10N4S4. The van der Waals surface area contributed by atoms with Crippen molar-refractivity contribution in [1.82, 2.24) is 0 Å². The van der Waals surface area contributed by atoms with Crippen molar-refractivity contribution in [3.05, 3.63) is 77.6 Å². The molecule has 30 heavy (non-hydrogen) atoms. The fourth-order valence-electron chi connectivity index (χ4n) is 3.11. The predicted molar refractivity (Wildman–Crippen MR) is 125 cm³/mol. The average Bonchev–Trinajstić information content (AvgIpc) is 3.41. The van der Waals surface area contributed by atoms with Gasteiger partial charge in [-0.1, -0.05) is 59.9 Å². The van der Waals surface area contributed by atoms with E-state index in [9.17, 15) is 21.0 Å². The predicted octanol–water partition coefficient (Wildman–Crippen LogP) is 4.25. The van der Waals surface area contributed by atoms with E-state index in [2.05, 4.69) is 0 Å². The van der Waals surface area contributed by atoms with Crippen LogP contribution in [0.3, 0.4) is 0 Å². The van der Waals surface area contributed by atoms with Crippen molar-refractivity contribution < 1.29 is 0 Å². The molecule has 0 radical (unpaired) electrons. The Balaban J connectivity index is 1.88. The van der Waals surface area contributed by atoms with Crippen LogP contribution in [0.1, 0.15) is 0 Å². The van der Waals surface area contributed by atoms with Crippen LogP contribution in [0.25, 0.3) is 9.81 Å². The Hall–Kier alpha value is -2.72. The van der Waals surface area contributed by atoms with Crippen molar-refractivity contribution in [2.24, 2.45) is 0 Å². The molecule has 1 aromatic rings. The van der Waals surface area contributed by atoms with Crippen LogP contribution < -0.4 is 10.4 Å². The summed E-state index contributed by atoms with van der Waals surface area (Å²) >= 11 is 7.42. The first-order valence-electron chi connectivity index (χ1n) is 8.68. The summed E-state index contributed by atoms with van der Waals surface area (Å²) in [5, 5.41) is 39.2. The third kappa shape index (κ3) is 3.72. The SMILES string of the molecule is N#CC(C#N)=C1C=CC(=C(C#N)C#N)C1=c1ccc(=C2SC3=C(SCCS3)S2)cc1. The number of nitrogens with zero attached hydrogens (tertiary/aromatic N) is 4. The van der Waals surface area contributed by atoms with E-state index < -0.39 is 0 Å². The molecule has 0 aromatic heterocycles. The first-order chi connectivity index (χ1) is 14.7. The number of allylic oxidation sites excluding steroid dienone is 6. The van der Waals surface area contributed by atoms with Gasteiger partial charge in [-0.05, 0) is 10.4 Å². The van der Waals surface area contributed by atoms with Crippen LogP contribution >= 0.6 is 47.0 Å². The van der Waals surface area contributed by atoms with Crippen molar-refractivity contribution in [2.45, 2.75) is 0 Å². The van der Waals surface area contributed by atoms with Crippen molar-refractivity contribution in [3.63, 3.8) is 0 Å². The van der Waals surface area contributed by atoms with E-state index in [1.54, 1.807) is 35.7 Å². The molecule has 4 rings (SSSR count). The summed E-state index contributed by atoms with van der Waals surface area (Å²) in [4.78, 5) is 0. The molecule has 0 N–H and O–H groups in total. The van der Waals surface area contributed by atoms with E-state index in [1.165, 1.54) is 12.7 Å². The summed E-state index contributed by atoms with van der Waals surface area (Å²) in [6, 6.07) is 15.5. The van der Waals surface area contributed by atoms with E-state index in [0.717, 1.165) is 21.9 Å². The maximum absolute atomic E-state index is 9.34. The largest absolute Gasteiger partial charge is 0.192 e. The highest BCUT2D eigenvalue weighted by atomic mass is 32.3. The quantitative estimate of drug-likeness (QED) is 0.533. The lowest BCUT2D eigenvalue weighted by Crippen LogP contribution is -2.12. The van der Waals surface area contributed by atoms with Gasteiger partial charge >= 0.3 is 0 Å². The molecule has 0 saturated carbocycles. The number of rotatable bonds is 0. The minimum Gasteiger partial charge on any atom is -0.192 e. The zero-order chi connectivity index (χ0) is 21.1. The summed E-state index contributed by atoms with van der Waals surface area (Å²) in [6.07, 6.45) is 3.25. The van der Waals surface area contributed by atoms with E-state index in [0.29, 0.717) is 16.7 Å². The fourth-order valence-corrected chi connectivity index (χ4v) is 9.05. The van der Waals surface area contributed by atoms with Gasteiger partial charge in [0.05, 0.1) is 12.7 Å². The highest BCUT2D eigenvalue weighted by Gasteiger charge is 2.25. The van der Waals surface area contributed by atoms with Crippen LogP contribution in [0.5, 0.6) is 0 Å². The molecule has 0 spiro atoms. The Morgan fingerprint density at radius 3 is 1.50 bits per heavy atom. The molecule has 0 saturated heterocycles. The summed E-state index contributed by atoms with van der Waals surface area (Å²) in [6.45, 7) is 0. The smallest absolute Gasteiger partial charge is 0.137 e. The Morgan fingerprint density at radius 1 is 0.633 bits per heavy atom. The maximum Gasteiger partial charge on any atom is 0.137 e. The van der Waals surface area contributed by atoms with Crippen LogP contribution in [0.2, 0.25) is 0 Å². The molecule has 1 aromatic carbocycles. The Labute approximate surface area is 190 Å². The van der Waals surface area contributed by atoms with Gasteiger partial charge in [0.15, 0.2) is 0 Å². The molecule has 0 unspecified atom stereocenters. The van der Waals surface area contributed by atoms with Gasteiger partial charge in [-0.25, -0.2) is 0 Å². The molecule has 4 nitrogen and oxygen atoms in total. The summed E-state index contributed by atoms with van der Waals surface area (Å²) in [7, 11) is 0. The van der Waals surface area contributed by atoms with Crippen LogP contribution in [0, 0.1) is 45.3 Å². The third-order valence-electron chi connectivity index (χ3n) is 4.44. The molecule has 8 heteroatoms. The van der Waals surface area contributed by atoms with Gasteiger partial charge in [-0.15, -0.1) is 23.5 Å². The zero-order valence-electron chi connectivity index (χ0n) is 15.3. The summed E-state index contributed by atoms with van der Waals surface area (Å²) < 4.78 is 3.99. The van der Waals surface area contributed by atoms with E-state index in [1.807, 2.05) is 72.1 Å². The Bertz CT molecular complexity index is 1250. The summed E-state index contributed by atoms with van der Waals surface area (Å²) in [5.41, 5.74) is 1.36. The lowest BCUT2D eigenvalue weighted by atomic mass is 9.95. The first-order valence-corrected chi connectivity index (χ1v) is 12.3. The van der Waals surface area contributed by atoms with Crippen molar-refractivity contribution in [3.8, 4) is 24.3 Å².